The summed E-state index contributed by atoms with van der Waals surface area (Å²) in [5, 5.41) is 14.5. The van der Waals surface area contributed by atoms with Crippen LogP contribution in [0.2, 0.25) is 0 Å². The van der Waals surface area contributed by atoms with E-state index >= 15 is 0 Å². The van der Waals surface area contributed by atoms with Crippen molar-refractivity contribution in [3.05, 3.63) is 35.4 Å². The molecule has 1 rings (SSSR count). The van der Waals surface area contributed by atoms with Crippen LogP contribution in [0.4, 0.5) is 13.6 Å². The number of nitrogens with one attached hydrogen (secondary N) is 2. The average molecular weight is 314 g/mol. The van der Waals surface area contributed by atoms with Crippen molar-refractivity contribution in [2.45, 2.75) is 39.7 Å². The molecule has 124 valence electrons. The Kier molecular flexibility index (Phi) is 6.74. The fourth-order valence-electron chi connectivity index (χ4n) is 1.96. The van der Waals surface area contributed by atoms with Gasteiger partial charge in [0.05, 0.1) is 6.04 Å². The molecule has 0 heterocycles. The van der Waals surface area contributed by atoms with Crippen LogP contribution in [0.5, 0.6) is 0 Å². The number of benzene rings is 1. The summed E-state index contributed by atoms with van der Waals surface area (Å²) in [4.78, 5) is 11.7. The molecule has 1 atom stereocenters. The predicted molar refractivity (Wildman–Crippen MR) is 81.4 cm³/mol. The van der Waals surface area contributed by atoms with Crippen LogP contribution in [-0.2, 0) is 0 Å². The number of amides is 2. The van der Waals surface area contributed by atoms with Crippen LogP contribution in [0.15, 0.2) is 18.2 Å². The van der Waals surface area contributed by atoms with E-state index in [1.54, 1.807) is 6.92 Å². The van der Waals surface area contributed by atoms with Gasteiger partial charge in [0.15, 0.2) is 11.6 Å². The van der Waals surface area contributed by atoms with Crippen LogP contribution in [-0.4, -0.2) is 24.3 Å². The quantitative estimate of drug-likeness (QED) is 0.677. The maximum atomic E-state index is 13.1. The van der Waals surface area contributed by atoms with Gasteiger partial charge in [-0.2, -0.15) is 0 Å². The predicted octanol–water partition coefficient (Wildman–Crippen LogP) is 3.12. The van der Waals surface area contributed by atoms with Crippen molar-refractivity contribution >= 4 is 6.03 Å². The Labute approximate surface area is 129 Å². The smallest absolute Gasteiger partial charge is 0.315 e. The lowest BCUT2D eigenvalue weighted by Gasteiger charge is -2.21. The van der Waals surface area contributed by atoms with E-state index in [1.165, 1.54) is 6.07 Å². The highest BCUT2D eigenvalue weighted by atomic mass is 19.2. The molecule has 0 aliphatic heterocycles. The third kappa shape index (κ3) is 5.97. The van der Waals surface area contributed by atoms with Gasteiger partial charge in [0.1, 0.15) is 0 Å². The number of carbonyl (C=O) groups is 1. The monoisotopic (exact) mass is 314 g/mol. The maximum Gasteiger partial charge on any atom is 0.315 e. The highest BCUT2D eigenvalue weighted by molar-refractivity contribution is 5.74. The lowest BCUT2D eigenvalue weighted by atomic mass is 9.89. The largest absolute Gasteiger partial charge is 0.396 e. The van der Waals surface area contributed by atoms with Gasteiger partial charge < -0.3 is 15.7 Å². The van der Waals surface area contributed by atoms with Crippen molar-refractivity contribution in [3.63, 3.8) is 0 Å². The van der Waals surface area contributed by atoms with Gasteiger partial charge >= 0.3 is 6.03 Å². The molecule has 22 heavy (non-hydrogen) atoms. The fraction of sp³-hybridized carbons (Fsp3) is 0.562. The normalized spacial score (nSPS) is 12.8. The van der Waals surface area contributed by atoms with E-state index in [4.69, 9.17) is 5.11 Å². The Morgan fingerprint density at radius 1 is 1.32 bits per heavy atom. The van der Waals surface area contributed by atoms with E-state index in [1.807, 2.05) is 13.8 Å². The molecule has 1 aromatic carbocycles. The van der Waals surface area contributed by atoms with Crippen LogP contribution in [0.1, 0.15) is 45.2 Å². The minimum absolute atomic E-state index is 0.104. The molecule has 4 nitrogen and oxygen atoms in total. The van der Waals surface area contributed by atoms with E-state index in [9.17, 15) is 13.6 Å². The molecule has 0 aliphatic rings. The molecule has 1 aromatic rings. The number of aliphatic hydroxyl groups excluding tert-OH is 1. The summed E-state index contributed by atoms with van der Waals surface area (Å²) >= 11 is 0. The summed E-state index contributed by atoms with van der Waals surface area (Å²) < 4.78 is 26.0. The minimum atomic E-state index is -0.933. The summed E-state index contributed by atoms with van der Waals surface area (Å²) in [6, 6.07) is 2.76. The second-order valence-electron chi connectivity index (χ2n) is 6.22. The number of carbonyl (C=O) groups excluding carboxylic acids is 1. The molecule has 0 aromatic heterocycles. The molecule has 1 unspecified atom stereocenters. The summed E-state index contributed by atoms with van der Waals surface area (Å²) in [6.45, 7) is 6.20. The number of aliphatic hydroxyl groups is 1. The number of rotatable bonds is 7. The highest BCUT2D eigenvalue weighted by Crippen LogP contribution is 2.20. The SMILES string of the molecule is CC(NC(=O)NCCCC(C)(C)CO)c1ccc(F)c(F)c1. The van der Waals surface area contributed by atoms with E-state index in [-0.39, 0.29) is 18.1 Å². The van der Waals surface area contributed by atoms with Crippen molar-refractivity contribution in [1.82, 2.24) is 10.6 Å². The number of urea groups is 1. The molecule has 0 bridgehead atoms. The van der Waals surface area contributed by atoms with Gasteiger partial charge in [-0.15, -0.1) is 0 Å². The summed E-state index contributed by atoms with van der Waals surface area (Å²) in [5.41, 5.74) is 0.340. The van der Waals surface area contributed by atoms with Crippen LogP contribution in [0, 0.1) is 17.0 Å². The van der Waals surface area contributed by atoms with Gasteiger partial charge in [-0.1, -0.05) is 19.9 Å². The lowest BCUT2D eigenvalue weighted by molar-refractivity contribution is 0.148. The van der Waals surface area contributed by atoms with Gasteiger partial charge in [-0.05, 0) is 42.9 Å². The van der Waals surface area contributed by atoms with Crippen molar-refractivity contribution in [2.24, 2.45) is 5.41 Å². The number of hydrogen-bond donors (Lipinski definition) is 3. The molecule has 6 heteroatoms. The van der Waals surface area contributed by atoms with Gasteiger partial charge in [-0.25, -0.2) is 13.6 Å². The summed E-state index contributed by atoms with van der Waals surface area (Å²) in [7, 11) is 0. The summed E-state index contributed by atoms with van der Waals surface area (Å²) in [5.74, 6) is -1.84. The van der Waals surface area contributed by atoms with Gasteiger partial charge in [0.2, 0.25) is 0 Å². The van der Waals surface area contributed by atoms with E-state index in [2.05, 4.69) is 10.6 Å². The van der Waals surface area contributed by atoms with Crippen molar-refractivity contribution in [1.29, 1.82) is 0 Å². The third-order valence-electron chi connectivity index (χ3n) is 3.54. The zero-order valence-corrected chi connectivity index (χ0v) is 13.2. The van der Waals surface area contributed by atoms with Crippen LogP contribution in [0.3, 0.4) is 0 Å². The van der Waals surface area contributed by atoms with Crippen LogP contribution >= 0.6 is 0 Å². The fourth-order valence-corrected chi connectivity index (χ4v) is 1.96. The average Bonchev–Trinajstić information content (AvgIpc) is 2.46. The Morgan fingerprint density at radius 2 is 2.00 bits per heavy atom. The standard InChI is InChI=1S/C16H24F2N2O2/c1-11(12-5-6-13(17)14(18)9-12)20-15(22)19-8-4-7-16(2,3)10-21/h5-6,9,11,21H,4,7-8,10H2,1-3H3,(H2,19,20,22). The van der Waals surface area contributed by atoms with Crippen LogP contribution < -0.4 is 10.6 Å². The number of halogens is 2. The highest BCUT2D eigenvalue weighted by Gasteiger charge is 2.16. The lowest BCUT2D eigenvalue weighted by Crippen LogP contribution is -2.37. The second-order valence-corrected chi connectivity index (χ2v) is 6.22. The molecule has 3 N–H and O–H groups in total. The maximum absolute atomic E-state index is 13.1. The van der Waals surface area contributed by atoms with Gasteiger partial charge in [-0.3, -0.25) is 0 Å². The van der Waals surface area contributed by atoms with Gasteiger partial charge in [0, 0.05) is 13.2 Å². The molecule has 0 spiro atoms. The molecular formula is C16H24F2N2O2. The topological polar surface area (TPSA) is 61.4 Å². The molecule has 0 fully saturated rings. The van der Waals surface area contributed by atoms with Crippen molar-refractivity contribution < 1.29 is 18.7 Å². The van der Waals surface area contributed by atoms with E-state index < -0.39 is 17.7 Å². The second kappa shape index (κ2) is 8.08. The molecular weight excluding hydrogens is 290 g/mol. The van der Waals surface area contributed by atoms with E-state index in [0.29, 0.717) is 12.1 Å². The Hall–Kier alpha value is -1.69. The van der Waals surface area contributed by atoms with Gasteiger partial charge in [0.25, 0.3) is 0 Å². The van der Waals surface area contributed by atoms with Crippen LogP contribution in [0.25, 0.3) is 0 Å². The first-order chi connectivity index (χ1) is 10.2. The molecule has 0 saturated heterocycles. The van der Waals surface area contributed by atoms with E-state index in [0.717, 1.165) is 25.0 Å². The van der Waals surface area contributed by atoms with Crippen molar-refractivity contribution in [3.8, 4) is 0 Å². The Bertz CT molecular complexity index is 507. The Morgan fingerprint density at radius 3 is 2.59 bits per heavy atom. The first-order valence-corrected chi connectivity index (χ1v) is 7.35. The molecule has 0 radical (unpaired) electrons. The zero-order chi connectivity index (χ0) is 16.8. The minimum Gasteiger partial charge on any atom is -0.396 e. The first kappa shape index (κ1) is 18.4. The molecule has 0 saturated carbocycles. The summed E-state index contributed by atoms with van der Waals surface area (Å²) in [6.07, 6.45) is 1.54. The Balaban J connectivity index is 2.36. The third-order valence-corrected chi connectivity index (χ3v) is 3.54. The first-order valence-electron chi connectivity index (χ1n) is 7.35. The zero-order valence-electron chi connectivity index (χ0n) is 13.2. The molecule has 0 aliphatic carbocycles. The van der Waals surface area contributed by atoms with Crippen molar-refractivity contribution in [2.75, 3.05) is 13.2 Å². The number of hydrogen-bond acceptors (Lipinski definition) is 2. The molecule has 2 amide bonds.